The normalized spacial score (nSPS) is 15.4. The van der Waals surface area contributed by atoms with E-state index >= 15 is 0 Å². The van der Waals surface area contributed by atoms with Crippen LogP contribution in [0.2, 0.25) is 0 Å². The van der Waals surface area contributed by atoms with Gasteiger partial charge in [-0.25, -0.2) is 4.79 Å². The first kappa shape index (κ1) is 26.2. The molecule has 0 fully saturated rings. The van der Waals surface area contributed by atoms with Gasteiger partial charge in [0.2, 0.25) is 11.8 Å². The van der Waals surface area contributed by atoms with E-state index in [1.165, 1.54) is 28.0 Å². The summed E-state index contributed by atoms with van der Waals surface area (Å²) in [7, 11) is 0. The second kappa shape index (κ2) is 11.9. The zero-order valence-electron chi connectivity index (χ0n) is 20.1. The number of hydrogen-bond acceptors (Lipinski definition) is 6. The van der Waals surface area contributed by atoms with Gasteiger partial charge >= 0.3 is 5.97 Å². The number of amides is 2. The van der Waals surface area contributed by atoms with Crippen LogP contribution in [0.4, 0.5) is 10.7 Å². The van der Waals surface area contributed by atoms with E-state index in [9.17, 15) is 19.6 Å². The summed E-state index contributed by atoms with van der Waals surface area (Å²) >= 11 is 2.82. The van der Waals surface area contributed by atoms with Crippen molar-refractivity contribution >= 4 is 51.6 Å². The lowest BCUT2D eigenvalue weighted by atomic mass is 9.88. The van der Waals surface area contributed by atoms with Gasteiger partial charge in [-0.1, -0.05) is 43.3 Å². The molecule has 9 heteroatoms. The third-order valence-corrected chi connectivity index (χ3v) is 8.35. The number of aliphatic carboxylic acids is 1. The van der Waals surface area contributed by atoms with Crippen molar-refractivity contribution in [3.63, 3.8) is 0 Å². The van der Waals surface area contributed by atoms with Crippen LogP contribution in [0.25, 0.3) is 0 Å². The van der Waals surface area contributed by atoms with Crippen molar-refractivity contribution in [1.82, 2.24) is 0 Å². The maximum Gasteiger partial charge on any atom is 0.328 e. The van der Waals surface area contributed by atoms with Crippen molar-refractivity contribution in [1.29, 1.82) is 5.26 Å². The van der Waals surface area contributed by atoms with E-state index in [-0.39, 0.29) is 5.91 Å². The van der Waals surface area contributed by atoms with Crippen molar-refractivity contribution < 1.29 is 19.5 Å². The Hall–Kier alpha value is -3.87. The van der Waals surface area contributed by atoms with Crippen LogP contribution in [-0.4, -0.2) is 22.9 Å². The predicted octanol–water partition coefficient (Wildman–Crippen LogP) is 5.80. The molecule has 37 heavy (non-hydrogen) atoms. The lowest BCUT2D eigenvalue weighted by Gasteiger charge is -2.17. The molecule has 0 spiro atoms. The highest BCUT2D eigenvalue weighted by Crippen LogP contribution is 2.41. The lowest BCUT2D eigenvalue weighted by molar-refractivity contribution is -0.131. The minimum atomic E-state index is -1.21. The summed E-state index contributed by atoms with van der Waals surface area (Å²) in [4.78, 5) is 38.2. The number of anilines is 2. The average Bonchev–Trinajstić information content (AvgIpc) is 3.22. The van der Waals surface area contributed by atoms with Gasteiger partial charge in [-0.2, -0.15) is 5.26 Å². The number of thiophene rings is 1. The molecule has 0 aliphatic heterocycles. The van der Waals surface area contributed by atoms with Gasteiger partial charge in [-0.05, 0) is 54.5 Å². The molecule has 1 aromatic heterocycles. The van der Waals surface area contributed by atoms with E-state index in [0.29, 0.717) is 22.2 Å². The maximum absolute atomic E-state index is 13.6. The Balaban J connectivity index is 1.57. The fraction of sp³-hybridized carbons (Fsp3) is 0.214. The first-order valence-electron chi connectivity index (χ1n) is 11.7. The van der Waals surface area contributed by atoms with Crippen LogP contribution in [0.15, 0.2) is 71.6 Å². The van der Waals surface area contributed by atoms with E-state index in [1.807, 2.05) is 36.4 Å². The molecule has 1 aliphatic rings. The molecule has 1 aliphatic carbocycles. The number of nitrogens with zero attached hydrogens (tertiary/aromatic N) is 1. The summed E-state index contributed by atoms with van der Waals surface area (Å²) in [5.41, 5.74) is 2.91. The SMILES string of the molecule is CC1CCc2c(sc(NC(=O)C(Sc3cccc(NC(=O)/C=C/C(=O)O)c3)c3ccccc3)c2C#N)C1. The fourth-order valence-electron chi connectivity index (χ4n) is 4.15. The molecule has 3 N–H and O–H groups in total. The molecular formula is C28H25N3O4S2. The molecule has 2 atom stereocenters. The van der Waals surface area contributed by atoms with Crippen molar-refractivity contribution in [2.45, 2.75) is 36.3 Å². The minimum Gasteiger partial charge on any atom is -0.478 e. The van der Waals surface area contributed by atoms with Crippen molar-refractivity contribution in [2.24, 2.45) is 5.92 Å². The number of rotatable bonds is 8. The highest BCUT2D eigenvalue weighted by molar-refractivity contribution is 8.00. The Morgan fingerprint density at radius 2 is 1.92 bits per heavy atom. The second-order valence-electron chi connectivity index (χ2n) is 8.75. The predicted molar refractivity (Wildman–Crippen MR) is 146 cm³/mol. The molecule has 0 radical (unpaired) electrons. The van der Waals surface area contributed by atoms with Crippen molar-refractivity contribution in [2.75, 3.05) is 10.6 Å². The molecule has 0 saturated carbocycles. The van der Waals surface area contributed by atoms with E-state index < -0.39 is 17.1 Å². The molecular weight excluding hydrogens is 506 g/mol. The van der Waals surface area contributed by atoms with Gasteiger partial charge in [0, 0.05) is 27.6 Å². The van der Waals surface area contributed by atoms with Crippen LogP contribution in [0.3, 0.4) is 0 Å². The number of thioether (sulfide) groups is 1. The monoisotopic (exact) mass is 531 g/mol. The molecule has 2 aromatic carbocycles. The van der Waals surface area contributed by atoms with E-state index in [0.717, 1.165) is 47.4 Å². The quantitative estimate of drug-likeness (QED) is 0.250. The van der Waals surface area contributed by atoms with Gasteiger partial charge in [0.15, 0.2) is 0 Å². The zero-order chi connectivity index (χ0) is 26.4. The largest absolute Gasteiger partial charge is 0.478 e. The minimum absolute atomic E-state index is 0.238. The van der Waals surface area contributed by atoms with Gasteiger partial charge in [0.1, 0.15) is 16.3 Å². The molecule has 3 aromatic rings. The van der Waals surface area contributed by atoms with E-state index in [1.54, 1.807) is 18.2 Å². The van der Waals surface area contributed by atoms with E-state index in [2.05, 4.69) is 23.6 Å². The Morgan fingerprint density at radius 1 is 1.14 bits per heavy atom. The molecule has 0 bridgehead atoms. The Labute approximate surface area is 223 Å². The highest BCUT2D eigenvalue weighted by Gasteiger charge is 2.28. The summed E-state index contributed by atoms with van der Waals surface area (Å²) in [5, 5.41) is 24.2. The van der Waals surface area contributed by atoms with Gasteiger partial charge in [-0.3, -0.25) is 9.59 Å². The van der Waals surface area contributed by atoms with Crippen LogP contribution in [0, 0.1) is 17.2 Å². The number of carbonyl (C=O) groups is 3. The van der Waals surface area contributed by atoms with E-state index in [4.69, 9.17) is 5.11 Å². The van der Waals surface area contributed by atoms with Crippen LogP contribution in [-0.2, 0) is 27.2 Å². The highest BCUT2D eigenvalue weighted by atomic mass is 32.2. The summed E-state index contributed by atoms with van der Waals surface area (Å²) in [6.07, 6.45) is 4.51. The zero-order valence-corrected chi connectivity index (χ0v) is 21.7. The molecule has 2 unspecified atom stereocenters. The number of nitrogens with one attached hydrogen (secondary N) is 2. The lowest BCUT2D eigenvalue weighted by Crippen LogP contribution is -2.19. The number of hydrogen-bond donors (Lipinski definition) is 3. The summed E-state index contributed by atoms with van der Waals surface area (Å²) in [5.74, 6) is -1.46. The number of benzene rings is 2. The van der Waals surface area contributed by atoms with Gasteiger partial charge in [0.05, 0.1) is 5.56 Å². The number of fused-ring (bicyclic) bond motifs is 1. The summed E-state index contributed by atoms with van der Waals surface area (Å²) in [6.45, 7) is 2.20. The number of carboxylic acids is 1. The fourth-order valence-corrected chi connectivity index (χ4v) is 6.60. The molecule has 7 nitrogen and oxygen atoms in total. The average molecular weight is 532 g/mol. The van der Waals surface area contributed by atoms with Crippen LogP contribution >= 0.6 is 23.1 Å². The second-order valence-corrected chi connectivity index (χ2v) is 11.0. The topological polar surface area (TPSA) is 119 Å². The van der Waals surface area contributed by atoms with Crippen molar-refractivity contribution in [3.8, 4) is 6.07 Å². The first-order chi connectivity index (χ1) is 17.8. The molecule has 2 amide bonds. The Bertz CT molecular complexity index is 1390. The van der Waals surface area contributed by atoms with Crippen LogP contribution in [0.1, 0.15) is 40.2 Å². The van der Waals surface area contributed by atoms with Crippen LogP contribution < -0.4 is 10.6 Å². The summed E-state index contributed by atoms with van der Waals surface area (Å²) < 4.78 is 0. The first-order valence-corrected chi connectivity index (χ1v) is 13.4. The molecule has 4 rings (SSSR count). The summed E-state index contributed by atoms with van der Waals surface area (Å²) in [6, 6.07) is 18.7. The number of nitriles is 1. The standard InChI is InChI=1S/C28H25N3O4S2/c1-17-10-11-21-22(16-29)28(37-23(21)14-17)31-27(35)26(18-6-3-2-4-7-18)36-20-9-5-8-19(15-20)30-24(32)12-13-25(33)34/h2-9,12-13,15,17,26H,10-11,14H2,1H3,(H,30,32)(H,31,35)(H,33,34)/b13-12+. The smallest absolute Gasteiger partial charge is 0.328 e. The molecule has 188 valence electrons. The Morgan fingerprint density at radius 3 is 2.65 bits per heavy atom. The Kier molecular flexibility index (Phi) is 8.43. The molecule has 0 saturated heterocycles. The van der Waals surface area contributed by atoms with Crippen molar-refractivity contribution in [3.05, 3.63) is 88.3 Å². The molecule has 1 heterocycles. The van der Waals surface area contributed by atoms with Crippen LogP contribution in [0.5, 0.6) is 0 Å². The maximum atomic E-state index is 13.6. The number of carbonyl (C=O) groups excluding carboxylic acids is 2. The van der Waals surface area contributed by atoms with Gasteiger partial charge < -0.3 is 15.7 Å². The number of carboxylic acid groups (broad SMARTS) is 1. The third kappa shape index (κ3) is 6.67. The van der Waals surface area contributed by atoms with Gasteiger partial charge in [-0.15, -0.1) is 23.1 Å². The van der Waals surface area contributed by atoms with Gasteiger partial charge in [0.25, 0.3) is 0 Å². The third-order valence-electron chi connectivity index (χ3n) is 5.93.